The molecule has 74 valence electrons. The van der Waals surface area contributed by atoms with E-state index in [0.29, 0.717) is 0 Å². The van der Waals surface area contributed by atoms with Gasteiger partial charge in [-0.15, -0.1) is 0 Å². The molecular formula is C10H14N4. The molecule has 0 unspecified atom stereocenters. The Balaban J connectivity index is 2.46. The first-order chi connectivity index (χ1) is 6.85. The first-order valence-electron chi connectivity index (χ1n) is 4.81. The highest BCUT2D eigenvalue weighted by molar-refractivity contribution is 5.46. The summed E-state index contributed by atoms with van der Waals surface area (Å²) in [7, 11) is 1.92. The summed E-state index contributed by atoms with van der Waals surface area (Å²) in [6, 6.07) is 0. The quantitative estimate of drug-likeness (QED) is 0.785. The van der Waals surface area contributed by atoms with Crippen LogP contribution in [-0.4, -0.2) is 21.6 Å². The average Bonchev–Trinajstić information content (AvgIpc) is 2.60. The van der Waals surface area contributed by atoms with E-state index >= 15 is 0 Å². The molecule has 2 aromatic rings. The number of fused-ring (bicyclic) bond motifs is 1. The Morgan fingerprint density at radius 1 is 1.43 bits per heavy atom. The van der Waals surface area contributed by atoms with Crippen molar-refractivity contribution in [2.75, 3.05) is 7.05 Å². The fourth-order valence-electron chi connectivity index (χ4n) is 1.51. The van der Waals surface area contributed by atoms with Crippen molar-refractivity contribution in [3.63, 3.8) is 0 Å². The van der Waals surface area contributed by atoms with Crippen molar-refractivity contribution in [2.24, 2.45) is 0 Å². The minimum atomic E-state index is 0.824. The molecule has 0 aliphatic heterocycles. The lowest BCUT2D eigenvalue weighted by molar-refractivity contribution is 0.794. The minimum absolute atomic E-state index is 0.824. The van der Waals surface area contributed by atoms with Crippen LogP contribution in [0.25, 0.3) is 5.65 Å². The van der Waals surface area contributed by atoms with E-state index in [9.17, 15) is 0 Å². The lowest BCUT2D eigenvalue weighted by Gasteiger charge is -2.00. The number of nitrogens with one attached hydrogen (secondary N) is 1. The molecule has 0 spiro atoms. The Morgan fingerprint density at radius 2 is 2.29 bits per heavy atom. The lowest BCUT2D eigenvalue weighted by atomic mass is 10.2. The van der Waals surface area contributed by atoms with E-state index in [2.05, 4.69) is 22.3 Å². The van der Waals surface area contributed by atoms with Crippen molar-refractivity contribution in [1.29, 1.82) is 0 Å². The fraction of sp³-hybridized carbons (Fsp3) is 0.400. The van der Waals surface area contributed by atoms with Crippen LogP contribution >= 0.6 is 0 Å². The summed E-state index contributed by atoms with van der Waals surface area (Å²) in [6.07, 6.45) is 6.76. The van der Waals surface area contributed by atoms with Crippen LogP contribution in [-0.2, 0) is 13.0 Å². The maximum absolute atomic E-state index is 4.39. The van der Waals surface area contributed by atoms with Gasteiger partial charge in [-0.25, -0.2) is 9.50 Å². The number of aromatic nitrogens is 3. The van der Waals surface area contributed by atoms with Crippen LogP contribution in [0.4, 0.5) is 0 Å². The van der Waals surface area contributed by atoms with E-state index in [-0.39, 0.29) is 0 Å². The zero-order chi connectivity index (χ0) is 9.97. The van der Waals surface area contributed by atoms with Gasteiger partial charge in [0.2, 0.25) is 0 Å². The second-order valence-electron chi connectivity index (χ2n) is 3.28. The summed E-state index contributed by atoms with van der Waals surface area (Å²) in [5.41, 5.74) is 3.30. The molecule has 2 aromatic heterocycles. The molecule has 0 fully saturated rings. The molecule has 0 atom stereocenters. The Kier molecular flexibility index (Phi) is 2.45. The van der Waals surface area contributed by atoms with Gasteiger partial charge in [0, 0.05) is 30.1 Å². The molecule has 0 saturated heterocycles. The average molecular weight is 190 g/mol. The van der Waals surface area contributed by atoms with E-state index in [1.54, 1.807) is 0 Å². The molecule has 0 radical (unpaired) electrons. The first kappa shape index (κ1) is 9.15. The predicted octanol–water partition coefficient (Wildman–Crippen LogP) is 1.01. The van der Waals surface area contributed by atoms with Gasteiger partial charge in [0.05, 0.1) is 6.20 Å². The highest BCUT2D eigenvalue weighted by atomic mass is 15.2. The van der Waals surface area contributed by atoms with Gasteiger partial charge in [-0.2, -0.15) is 5.10 Å². The summed E-state index contributed by atoms with van der Waals surface area (Å²) in [6.45, 7) is 2.93. The summed E-state index contributed by atoms with van der Waals surface area (Å²) in [5.74, 6) is 0. The van der Waals surface area contributed by atoms with Crippen LogP contribution in [0.3, 0.4) is 0 Å². The number of nitrogens with zero attached hydrogens (tertiary/aromatic N) is 3. The molecule has 14 heavy (non-hydrogen) atoms. The van der Waals surface area contributed by atoms with E-state index < -0.39 is 0 Å². The highest BCUT2D eigenvalue weighted by Crippen LogP contribution is 2.08. The molecule has 0 aromatic carbocycles. The van der Waals surface area contributed by atoms with Crippen molar-refractivity contribution in [3.8, 4) is 0 Å². The molecule has 0 aliphatic rings. The van der Waals surface area contributed by atoms with Crippen molar-refractivity contribution in [2.45, 2.75) is 19.9 Å². The SMILES string of the molecule is CCc1cnn2cc(CNC)cnc12. The van der Waals surface area contributed by atoms with Crippen molar-refractivity contribution >= 4 is 5.65 Å². The molecule has 0 aliphatic carbocycles. The van der Waals surface area contributed by atoms with Gasteiger partial charge in [0.1, 0.15) is 0 Å². The molecule has 0 bridgehead atoms. The van der Waals surface area contributed by atoms with Gasteiger partial charge >= 0.3 is 0 Å². The summed E-state index contributed by atoms with van der Waals surface area (Å²) in [4.78, 5) is 4.39. The molecule has 0 amide bonds. The van der Waals surface area contributed by atoms with Gasteiger partial charge in [0.25, 0.3) is 0 Å². The van der Waals surface area contributed by atoms with Gasteiger partial charge in [0.15, 0.2) is 5.65 Å². The number of hydrogen-bond acceptors (Lipinski definition) is 3. The van der Waals surface area contributed by atoms with Crippen LogP contribution in [0.5, 0.6) is 0 Å². The third-order valence-corrected chi connectivity index (χ3v) is 2.24. The normalized spacial score (nSPS) is 11.0. The Labute approximate surface area is 83.0 Å². The Bertz CT molecular complexity index is 433. The van der Waals surface area contributed by atoms with E-state index in [1.807, 2.05) is 30.2 Å². The van der Waals surface area contributed by atoms with Gasteiger partial charge < -0.3 is 5.32 Å². The fourth-order valence-corrected chi connectivity index (χ4v) is 1.51. The van der Waals surface area contributed by atoms with E-state index in [4.69, 9.17) is 0 Å². The van der Waals surface area contributed by atoms with Gasteiger partial charge in [-0.3, -0.25) is 0 Å². The third-order valence-electron chi connectivity index (χ3n) is 2.24. The number of aryl methyl sites for hydroxylation is 1. The maximum atomic E-state index is 4.39. The second kappa shape index (κ2) is 3.75. The van der Waals surface area contributed by atoms with E-state index in [0.717, 1.165) is 24.2 Å². The zero-order valence-corrected chi connectivity index (χ0v) is 8.49. The summed E-state index contributed by atoms with van der Waals surface area (Å²) in [5, 5.41) is 7.35. The van der Waals surface area contributed by atoms with Gasteiger partial charge in [-0.1, -0.05) is 6.92 Å². The second-order valence-corrected chi connectivity index (χ2v) is 3.28. The molecular weight excluding hydrogens is 176 g/mol. The summed E-state index contributed by atoms with van der Waals surface area (Å²) < 4.78 is 1.84. The topological polar surface area (TPSA) is 42.2 Å². The maximum Gasteiger partial charge on any atom is 0.158 e. The largest absolute Gasteiger partial charge is 0.316 e. The van der Waals surface area contributed by atoms with Crippen LogP contribution in [0.15, 0.2) is 18.6 Å². The van der Waals surface area contributed by atoms with Crippen LogP contribution in [0.1, 0.15) is 18.1 Å². The zero-order valence-electron chi connectivity index (χ0n) is 8.49. The molecule has 4 nitrogen and oxygen atoms in total. The van der Waals surface area contributed by atoms with Crippen LogP contribution in [0.2, 0.25) is 0 Å². The number of hydrogen-bond donors (Lipinski definition) is 1. The van der Waals surface area contributed by atoms with Crippen molar-refractivity contribution in [1.82, 2.24) is 19.9 Å². The van der Waals surface area contributed by atoms with Crippen LogP contribution < -0.4 is 5.32 Å². The molecule has 4 heteroatoms. The number of rotatable bonds is 3. The summed E-state index contributed by atoms with van der Waals surface area (Å²) >= 11 is 0. The predicted molar refractivity (Wildman–Crippen MR) is 55.1 cm³/mol. The third kappa shape index (κ3) is 1.48. The Hall–Kier alpha value is -1.42. The standard InChI is InChI=1S/C10H14N4/c1-3-9-6-13-14-7-8(4-11-2)5-12-10(9)14/h5-7,11H,3-4H2,1-2H3. The van der Waals surface area contributed by atoms with Crippen molar-refractivity contribution < 1.29 is 0 Å². The molecule has 0 saturated carbocycles. The van der Waals surface area contributed by atoms with Crippen molar-refractivity contribution in [3.05, 3.63) is 29.7 Å². The monoisotopic (exact) mass is 190 g/mol. The molecule has 1 N–H and O–H groups in total. The highest BCUT2D eigenvalue weighted by Gasteiger charge is 2.03. The smallest absolute Gasteiger partial charge is 0.158 e. The molecule has 2 heterocycles. The Morgan fingerprint density at radius 3 is 3.00 bits per heavy atom. The van der Waals surface area contributed by atoms with Gasteiger partial charge in [-0.05, 0) is 13.5 Å². The molecule has 2 rings (SSSR count). The van der Waals surface area contributed by atoms with Crippen LogP contribution in [0, 0.1) is 0 Å². The van der Waals surface area contributed by atoms with E-state index in [1.165, 1.54) is 5.56 Å². The lowest BCUT2D eigenvalue weighted by Crippen LogP contribution is -2.06. The first-order valence-corrected chi connectivity index (χ1v) is 4.81. The minimum Gasteiger partial charge on any atom is -0.316 e.